The van der Waals surface area contributed by atoms with Gasteiger partial charge in [0, 0.05) is 20.1 Å². The summed E-state index contributed by atoms with van der Waals surface area (Å²) in [6, 6.07) is 11.1. The Morgan fingerprint density at radius 3 is 2.28 bits per heavy atom. The van der Waals surface area contributed by atoms with E-state index in [-0.39, 0.29) is 17.4 Å². The summed E-state index contributed by atoms with van der Waals surface area (Å²) in [7, 11) is -2.38. The monoisotopic (exact) mass is 420 g/mol. The number of halogens is 1. The molecular weight excluding hydrogens is 395 g/mol. The first-order valence-corrected chi connectivity index (χ1v) is 11.0. The molecule has 0 N–H and O–H groups in total. The summed E-state index contributed by atoms with van der Waals surface area (Å²) in [5, 5.41) is 0. The molecule has 6 nitrogen and oxygen atoms in total. The van der Waals surface area contributed by atoms with E-state index in [4.69, 9.17) is 4.74 Å². The Morgan fingerprint density at radius 2 is 1.69 bits per heavy atom. The average Bonchev–Trinajstić information content (AvgIpc) is 2.72. The predicted octanol–water partition coefficient (Wildman–Crippen LogP) is 3.29. The van der Waals surface area contributed by atoms with Crippen LogP contribution in [-0.4, -0.2) is 46.0 Å². The Kier molecular flexibility index (Phi) is 6.42. The summed E-state index contributed by atoms with van der Waals surface area (Å²) in [5.74, 6) is 0.592. The van der Waals surface area contributed by atoms with Gasteiger partial charge in [0.15, 0.2) is 6.61 Å². The van der Waals surface area contributed by atoms with Gasteiger partial charge in [0.1, 0.15) is 11.6 Å². The topological polar surface area (TPSA) is 66.9 Å². The van der Waals surface area contributed by atoms with Crippen LogP contribution < -0.4 is 9.04 Å². The second kappa shape index (κ2) is 8.82. The van der Waals surface area contributed by atoms with Crippen LogP contribution in [-0.2, 0) is 14.8 Å². The SMILES string of the molecule is CC1CCN(C(=O)COc2ccc(N(C)S(=O)(=O)c3ccc(F)cc3)cc2)CC1. The molecule has 0 saturated carbocycles. The maximum atomic E-state index is 13.1. The van der Waals surface area contributed by atoms with Gasteiger partial charge in [-0.2, -0.15) is 0 Å². The number of ether oxygens (including phenoxy) is 1. The fraction of sp³-hybridized carbons (Fsp3) is 0.381. The number of hydrogen-bond acceptors (Lipinski definition) is 4. The average molecular weight is 421 g/mol. The smallest absolute Gasteiger partial charge is 0.264 e. The van der Waals surface area contributed by atoms with E-state index in [1.54, 1.807) is 24.3 Å². The predicted molar refractivity (Wildman–Crippen MR) is 109 cm³/mol. The molecule has 2 aromatic carbocycles. The molecule has 156 valence electrons. The van der Waals surface area contributed by atoms with Crippen LogP contribution in [0, 0.1) is 11.7 Å². The molecule has 2 aromatic rings. The van der Waals surface area contributed by atoms with Crippen molar-refractivity contribution in [1.29, 1.82) is 0 Å². The molecule has 3 rings (SSSR count). The second-order valence-electron chi connectivity index (χ2n) is 7.27. The first kappa shape index (κ1) is 21.1. The number of likely N-dealkylation sites (tertiary alicyclic amines) is 1. The number of amides is 1. The van der Waals surface area contributed by atoms with E-state index in [1.165, 1.54) is 19.2 Å². The Hall–Kier alpha value is -2.61. The number of anilines is 1. The molecule has 8 heteroatoms. The lowest BCUT2D eigenvalue weighted by Gasteiger charge is -2.30. The van der Waals surface area contributed by atoms with Gasteiger partial charge in [-0.15, -0.1) is 0 Å². The molecule has 1 aliphatic heterocycles. The van der Waals surface area contributed by atoms with Crippen molar-refractivity contribution in [2.24, 2.45) is 5.92 Å². The fourth-order valence-electron chi connectivity index (χ4n) is 3.15. The minimum Gasteiger partial charge on any atom is -0.484 e. The zero-order valence-corrected chi connectivity index (χ0v) is 17.4. The molecule has 1 amide bonds. The number of nitrogens with zero attached hydrogens (tertiary/aromatic N) is 2. The van der Waals surface area contributed by atoms with E-state index in [0.717, 1.165) is 42.4 Å². The molecule has 0 aromatic heterocycles. The van der Waals surface area contributed by atoms with E-state index >= 15 is 0 Å². The van der Waals surface area contributed by atoms with Crippen LogP contribution in [0.5, 0.6) is 5.75 Å². The van der Waals surface area contributed by atoms with E-state index < -0.39 is 15.8 Å². The highest BCUT2D eigenvalue weighted by Gasteiger charge is 2.22. The number of rotatable bonds is 6. The number of piperidine rings is 1. The first-order valence-electron chi connectivity index (χ1n) is 9.52. The van der Waals surface area contributed by atoms with Crippen molar-refractivity contribution in [3.8, 4) is 5.75 Å². The summed E-state index contributed by atoms with van der Waals surface area (Å²) in [5.41, 5.74) is 0.429. The highest BCUT2D eigenvalue weighted by molar-refractivity contribution is 7.92. The van der Waals surface area contributed by atoms with Gasteiger partial charge in [-0.25, -0.2) is 12.8 Å². The standard InChI is InChI=1S/C21H25FN2O4S/c1-16-11-13-24(14-12-16)21(25)15-28-19-7-5-18(6-8-19)23(2)29(26,27)20-9-3-17(22)4-10-20/h3-10,16H,11-15H2,1-2H3. The van der Waals surface area contributed by atoms with Crippen molar-refractivity contribution in [3.05, 3.63) is 54.3 Å². The van der Waals surface area contributed by atoms with Crippen molar-refractivity contribution in [2.45, 2.75) is 24.7 Å². The lowest BCUT2D eigenvalue weighted by Crippen LogP contribution is -2.40. The lowest BCUT2D eigenvalue weighted by molar-refractivity contribution is -0.134. The fourth-order valence-corrected chi connectivity index (χ4v) is 4.35. The van der Waals surface area contributed by atoms with Crippen LogP contribution in [0.2, 0.25) is 0 Å². The van der Waals surface area contributed by atoms with Gasteiger partial charge in [0.25, 0.3) is 15.9 Å². The summed E-state index contributed by atoms with van der Waals surface area (Å²) in [6.07, 6.45) is 2.02. The van der Waals surface area contributed by atoms with Crippen LogP contribution in [0.25, 0.3) is 0 Å². The van der Waals surface area contributed by atoms with Crippen molar-refractivity contribution >= 4 is 21.6 Å². The van der Waals surface area contributed by atoms with Gasteiger partial charge in [0.05, 0.1) is 10.6 Å². The van der Waals surface area contributed by atoms with Crippen molar-refractivity contribution in [1.82, 2.24) is 4.90 Å². The largest absolute Gasteiger partial charge is 0.484 e. The summed E-state index contributed by atoms with van der Waals surface area (Å²) in [4.78, 5) is 14.1. The van der Waals surface area contributed by atoms with Gasteiger partial charge in [-0.1, -0.05) is 6.92 Å². The molecule has 0 radical (unpaired) electrons. The second-order valence-corrected chi connectivity index (χ2v) is 9.24. The molecule has 1 saturated heterocycles. The first-order chi connectivity index (χ1) is 13.8. The van der Waals surface area contributed by atoms with Crippen molar-refractivity contribution < 1.29 is 22.3 Å². The maximum Gasteiger partial charge on any atom is 0.264 e. The molecule has 1 heterocycles. The Bertz CT molecular complexity index is 938. The van der Waals surface area contributed by atoms with Crippen LogP contribution in [0.1, 0.15) is 19.8 Å². The lowest BCUT2D eigenvalue weighted by atomic mass is 9.99. The summed E-state index contributed by atoms with van der Waals surface area (Å²) in [6.45, 7) is 3.66. The van der Waals surface area contributed by atoms with Gasteiger partial charge in [0.2, 0.25) is 0 Å². The minimum absolute atomic E-state index is 0.00294. The van der Waals surface area contributed by atoms with E-state index in [1.807, 2.05) is 4.90 Å². The van der Waals surface area contributed by atoms with Crippen LogP contribution in [0.3, 0.4) is 0 Å². The molecule has 0 aliphatic carbocycles. The highest BCUT2D eigenvalue weighted by atomic mass is 32.2. The number of carbonyl (C=O) groups is 1. The molecular formula is C21H25FN2O4S. The normalized spacial score (nSPS) is 15.2. The van der Waals surface area contributed by atoms with E-state index in [9.17, 15) is 17.6 Å². The van der Waals surface area contributed by atoms with Gasteiger partial charge >= 0.3 is 0 Å². The Balaban J connectivity index is 1.60. The molecule has 0 bridgehead atoms. The third-order valence-corrected chi connectivity index (χ3v) is 6.97. The minimum atomic E-state index is -3.80. The molecule has 0 unspecified atom stereocenters. The number of sulfonamides is 1. The number of hydrogen-bond donors (Lipinski definition) is 0. The number of carbonyl (C=O) groups excluding carboxylic acids is 1. The quantitative estimate of drug-likeness (QED) is 0.719. The Labute approximate surface area is 170 Å². The Morgan fingerprint density at radius 1 is 1.10 bits per heavy atom. The molecule has 0 spiro atoms. The molecule has 1 aliphatic rings. The van der Waals surface area contributed by atoms with Crippen LogP contribution in [0.15, 0.2) is 53.4 Å². The zero-order chi connectivity index (χ0) is 21.0. The molecule has 0 atom stereocenters. The zero-order valence-electron chi connectivity index (χ0n) is 16.5. The van der Waals surface area contributed by atoms with Gasteiger partial charge in [-0.05, 0) is 67.3 Å². The third kappa shape index (κ3) is 5.06. The highest BCUT2D eigenvalue weighted by Crippen LogP contribution is 2.24. The van der Waals surface area contributed by atoms with Gasteiger partial charge in [-0.3, -0.25) is 9.10 Å². The molecule has 29 heavy (non-hydrogen) atoms. The molecule has 1 fully saturated rings. The summed E-state index contributed by atoms with van der Waals surface area (Å²) < 4.78 is 45.1. The summed E-state index contributed by atoms with van der Waals surface area (Å²) >= 11 is 0. The van der Waals surface area contributed by atoms with Crippen LogP contribution >= 0.6 is 0 Å². The van der Waals surface area contributed by atoms with Gasteiger partial charge < -0.3 is 9.64 Å². The van der Waals surface area contributed by atoms with Crippen molar-refractivity contribution in [2.75, 3.05) is 31.0 Å². The van der Waals surface area contributed by atoms with E-state index in [0.29, 0.717) is 17.4 Å². The van der Waals surface area contributed by atoms with Crippen LogP contribution in [0.4, 0.5) is 10.1 Å². The number of benzene rings is 2. The van der Waals surface area contributed by atoms with Crippen molar-refractivity contribution in [3.63, 3.8) is 0 Å². The third-order valence-electron chi connectivity index (χ3n) is 5.17. The van der Waals surface area contributed by atoms with E-state index in [2.05, 4.69) is 6.92 Å². The maximum absolute atomic E-state index is 13.1.